The Morgan fingerprint density at radius 1 is 0.473 bits per heavy atom. The topological polar surface area (TPSA) is 43.8 Å². The van der Waals surface area contributed by atoms with E-state index in [4.69, 9.17) is 10.7 Å². The Kier molecular flexibility index (Phi) is 7.85. The maximum atomic E-state index is 5.98. The molecule has 0 spiro atoms. The highest BCUT2D eigenvalue weighted by Crippen LogP contribution is 2.45. The third-order valence-corrected chi connectivity index (χ3v) is 11.1. The summed E-state index contributed by atoms with van der Waals surface area (Å²) in [6.07, 6.45) is 7.64. The summed E-state index contributed by atoms with van der Waals surface area (Å²) in [5, 5.41) is 8.55. The van der Waals surface area contributed by atoms with Crippen molar-refractivity contribution in [2.45, 2.75) is 6.92 Å². The van der Waals surface area contributed by atoms with Gasteiger partial charge < -0.3 is 10.3 Å². The minimum atomic E-state index is 1.07. The largest absolute Gasteiger partial charge is 0.405 e. The summed E-state index contributed by atoms with van der Waals surface area (Å²) >= 11 is 0. The highest BCUT2D eigenvalue weighted by atomic mass is 15.0. The van der Waals surface area contributed by atoms with Crippen LogP contribution in [0.5, 0.6) is 0 Å². The van der Waals surface area contributed by atoms with Crippen molar-refractivity contribution in [3.8, 4) is 50.2 Å². The number of pyridine rings is 1. The van der Waals surface area contributed by atoms with E-state index in [1.807, 2.05) is 18.5 Å². The van der Waals surface area contributed by atoms with E-state index in [-0.39, 0.29) is 0 Å². The molecule has 3 heteroatoms. The molecule has 0 bridgehead atoms. The predicted octanol–water partition coefficient (Wildman–Crippen LogP) is 13.4. The van der Waals surface area contributed by atoms with Crippen LogP contribution in [0.25, 0.3) is 99.5 Å². The van der Waals surface area contributed by atoms with E-state index < -0.39 is 0 Å². The number of hydrogen-bond donors (Lipinski definition) is 1. The highest BCUT2D eigenvalue weighted by Gasteiger charge is 2.19. The van der Waals surface area contributed by atoms with Crippen LogP contribution in [0.4, 0.5) is 0 Å². The smallest absolute Gasteiger partial charge is 0.0538 e. The number of para-hydroxylation sites is 1. The number of rotatable bonds is 6. The maximum Gasteiger partial charge on any atom is 0.0538 e. The van der Waals surface area contributed by atoms with Gasteiger partial charge in [-0.1, -0.05) is 133 Å². The average Bonchev–Trinajstić information content (AvgIpc) is 3.52. The molecule has 0 aliphatic heterocycles. The van der Waals surface area contributed by atoms with Crippen LogP contribution in [0.3, 0.4) is 0 Å². The molecule has 0 unspecified atom stereocenters. The lowest BCUT2D eigenvalue weighted by Crippen LogP contribution is -1.96. The third-order valence-electron chi connectivity index (χ3n) is 11.1. The van der Waals surface area contributed by atoms with Crippen LogP contribution in [0.15, 0.2) is 188 Å². The summed E-state index contributed by atoms with van der Waals surface area (Å²) in [6, 6.07) is 61.3. The molecule has 10 rings (SSSR count). The van der Waals surface area contributed by atoms with Gasteiger partial charge >= 0.3 is 0 Å². The van der Waals surface area contributed by atoms with E-state index in [0.29, 0.717) is 0 Å². The van der Waals surface area contributed by atoms with Crippen molar-refractivity contribution in [2.24, 2.45) is 5.73 Å². The van der Waals surface area contributed by atoms with Crippen molar-refractivity contribution in [1.29, 1.82) is 0 Å². The van der Waals surface area contributed by atoms with Crippen LogP contribution in [-0.4, -0.2) is 9.55 Å². The summed E-state index contributed by atoms with van der Waals surface area (Å²) in [6.45, 7) is 2.16. The Balaban J connectivity index is 1.11. The SMILES string of the molecule is Cc1c(/C=C\N)c2cc(-c3cccc(-c4cncc(-c5c6ccccc6c(-c6cccc7ccccc67)c6ccccc56)c4)c3)ccc2n1-c1ccccc1. The van der Waals surface area contributed by atoms with Crippen molar-refractivity contribution in [3.05, 3.63) is 200 Å². The molecule has 0 aliphatic carbocycles. The Morgan fingerprint density at radius 3 is 1.76 bits per heavy atom. The van der Waals surface area contributed by atoms with Gasteiger partial charge in [-0.2, -0.15) is 0 Å². The van der Waals surface area contributed by atoms with Gasteiger partial charge in [-0.15, -0.1) is 0 Å². The minimum absolute atomic E-state index is 1.07. The lowest BCUT2D eigenvalue weighted by molar-refractivity contribution is 1.05. The molecule has 2 N–H and O–H groups in total. The third kappa shape index (κ3) is 5.40. The van der Waals surface area contributed by atoms with Gasteiger partial charge in [-0.25, -0.2) is 0 Å². The van der Waals surface area contributed by atoms with Crippen molar-refractivity contribution in [3.63, 3.8) is 0 Å². The first-order valence-electron chi connectivity index (χ1n) is 18.7. The molecule has 260 valence electrons. The van der Waals surface area contributed by atoms with Crippen molar-refractivity contribution >= 4 is 49.3 Å². The van der Waals surface area contributed by atoms with Crippen LogP contribution in [0.1, 0.15) is 11.3 Å². The van der Waals surface area contributed by atoms with Gasteiger partial charge in [0.15, 0.2) is 0 Å². The van der Waals surface area contributed by atoms with E-state index in [2.05, 4.69) is 181 Å². The standard InChI is InChI=1S/C52H37N3/c1-34-42(27-28-53)49-31-38(25-26-50(49)55(34)41-17-3-2-4-18-41)36-15-11-16-37(29-36)39-30-40(33-54-32-39)51-45-20-7-9-22-47(45)52(48-23-10-8-21-46(48)51)44-24-12-14-35-13-5-6-19-43(35)44/h2-33H,53H2,1H3/b28-27-. The molecule has 0 aliphatic rings. The molecule has 2 aromatic heterocycles. The molecule has 0 fully saturated rings. The fraction of sp³-hybridized carbons (Fsp3) is 0.0192. The average molecular weight is 704 g/mol. The molecule has 0 radical (unpaired) electrons. The maximum absolute atomic E-state index is 5.98. The summed E-state index contributed by atoms with van der Waals surface area (Å²) in [5.41, 5.74) is 19.8. The molecule has 3 nitrogen and oxygen atoms in total. The second-order valence-corrected chi connectivity index (χ2v) is 14.2. The first kappa shape index (κ1) is 32.4. The molecule has 0 saturated heterocycles. The van der Waals surface area contributed by atoms with Gasteiger partial charge in [-0.3, -0.25) is 4.98 Å². The molecule has 0 saturated carbocycles. The zero-order valence-corrected chi connectivity index (χ0v) is 30.4. The van der Waals surface area contributed by atoms with Crippen LogP contribution in [0.2, 0.25) is 0 Å². The van der Waals surface area contributed by atoms with E-state index in [0.717, 1.165) is 50.3 Å². The molecule has 10 aromatic rings. The van der Waals surface area contributed by atoms with Gasteiger partial charge in [0.2, 0.25) is 0 Å². The van der Waals surface area contributed by atoms with Gasteiger partial charge in [0.1, 0.15) is 0 Å². The Hall–Kier alpha value is -7.23. The van der Waals surface area contributed by atoms with Crippen LogP contribution in [0, 0.1) is 6.92 Å². The molecular formula is C52H37N3. The molecular weight excluding hydrogens is 667 g/mol. The van der Waals surface area contributed by atoms with E-state index in [9.17, 15) is 0 Å². The lowest BCUT2D eigenvalue weighted by atomic mass is 9.84. The molecule has 8 aromatic carbocycles. The second-order valence-electron chi connectivity index (χ2n) is 14.2. The zero-order chi connectivity index (χ0) is 36.9. The number of benzene rings is 8. The predicted molar refractivity (Wildman–Crippen MR) is 233 cm³/mol. The number of aromatic nitrogens is 2. The Bertz CT molecular complexity index is 3050. The summed E-state index contributed by atoms with van der Waals surface area (Å²) in [4.78, 5) is 4.87. The number of fused-ring (bicyclic) bond motifs is 4. The van der Waals surface area contributed by atoms with Crippen molar-refractivity contribution in [1.82, 2.24) is 9.55 Å². The normalized spacial score (nSPS) is 11.7. The highest BCUT2D eigenvalue weighted by molar-refractivity contribution is 6.23. The quantitative estimate of drug-likeness (QED) is 0.175. The monoisotopic (exact) mass is 703 g/mol. The number of nitrogens with two attached hydrogens (primary N) is 1. The summed E-state index contributed by atoms with van der Waals surface area (Å²) < 4.78 is 2.31. The Labute approximate surface area is 320 Å². The van der Waals surface area contributed by atoms with Crippen LogP contribution >= 0.6 is 0 Å². The molecule has 2 heterocycles. The van der Waals surface area contributed by atoms with E-state index >= 15 is 0 Å². The first-order chi connectivity index (χ1) is 27.2. The van der Waals surface area contributed by atoms with Gasteiger partial charge in [0.05, 0.1) is 5.52 Å². The van der Waals surface area contributed by atoms with Crippen molar-refractivity contribution < 1.29 is 0 Å². The Morgan fingerprint density at radius 2 is 1.04 bits per heavy atom. The lowest BCUT2D eigenvalue weighted by Gasteiger charge is -2.19. The first-order valence-corrected chi connectivity index (χ1v) is 18.7. The van der Waals surface area contributed by atoms with Gasteiger partial charge in [0, 0.05) is 45.9 Å². The summed E-state index contributed by atoms with van der Waals surface area (Å²) in [5.74, 6) is 0. The van der Waals surface area contributed by atoms with Gasteiger partial charge in [-0.05, 0) is 121 Å². The fourth-order valence-electron chi connectivity index (χ4n) is 8.62. The van der Waals surface area contributed by atoms with Crippen molar-refractivity contribution in [2.75, 3.05) is 0 Å². The number of hydrogen-bond acceptors (Lipinski definition) is 2. The second kappa shape index (κ2) is 13.3. The fourth-order valence-corrected chi connectivity index (χ4v) is 8.62. The van der Waals surface area contributed by atoms with E-state index in [1.54, 1.807) is 6.20 Å². The molecule has 55 heavy (non-hydrogen) atoms. The zero-order valence-electron chi connectivity index (χ0n) is 30.4. The van der Waals surface area contributed by atoms with E-state index in [1.165, 1.54) is 54.4 Å². The number of nitrogens with zero attached hydrogens (tertiary/aromatic N) is 2. The minimum Gasteiger partial charge on any atom is -0.405 e. The molecule has 0 atom stereocenters. The van der Waals surface area contributed by atoms with Gasteiger partial charge in [0.25, 0.3) is 0 Å². The summed E-state index contributed by atoms with van der Waals surface area (Å²) in [7, 11) is 0. The molecule has 0 amide bonds. The van der Waals surface area contributed by atoms with Crippen LogP contribution in [-0.2, 0) is 0 Å². The van der Waals surface area contributed by atoms with Crippen LogP contribution < -0.4 is 5.73 Å².